The van der Waals surface area contributed by atoms with Crippen LogP contribution in [0.5, 0.6) is 0 Å². The topological polar surface area (TPSA) is 29.9 Å². The quantitative estimate of drug-likeness (QED) is 0.832. The van der Waals surface area contributed by atoms with Gasteiger partial charge in [0.05, 0.1) is 15.5 Å². The fourth-order valence-electron chi connectivity index (χ4n) is 1.97. The van der Waals surface area contributed by atoms with Crippen LogP contribution < -0.4 is 5.32 Å². The first-order valence-electron chi connectivity index (χ1n) is 6.25. The molecule has 2 rings (SSSR count). The minimum absolute atomic E-state index is 0.336. The van der Waals surface area contributed by atoms with Crippen LogP contribution in [0.1, 0.15) is 31.9 Å². The zero-order valence-corrected chi connectivity index (χ0v) is 12.9. The van der Waals surface area contributed by atoms with Gasteiger partial charge in [-0.2, -0.15) is 5.10 Å². The largest absolute Gasteiger partial charge is 0.310 e. The van der Waals surface area contributed by atoms with E-state index in [-0.39, 0.29) is 0 Å². The molecule has 4 heteroatoms. The maximum atomic E-state index is 4.39. The number of nitrogens with one attached hydrogen (secondary N) is 1. The summed E-state index contributed by atoms with van der Waals surface area (Å²) in [6.45, 7) is 5.41. The molecule has 1 unspecified atom stereocenters. The van der Waals surface area contributed by atoms with Crippen molar-refractivity contribution >= 4 is 22.6 Å². The number of aromatic nitrogens is 2. The van der Waals surface area contributed by atoms with E-state index in [0.29, 0.717) is 6.04 Å². The maximum Gasteiger partial charge on any atom is 0.0693 e. The molecule has 0 fully saturated rings. The lowest BCUT2D eigenvalue weighted by Crippen LogP contribution is -2.20. The summed E-state index contributed by atoms with van der Waals surface area (Å²) in [4.78, 5) is 0. The Bertz CT molecular complexity index is 507. The lowest BCUT2D eigenvalue weighted by molar-refractivity contribution is 0.567. The predicted molar refractivity (Wildman–Crippen MR) is 83.0 cm³/mol. The second-order valence-electron chi connectivity index (χ2n) is 4.34. The van der Waals surface area contributed by atoms with E-state index in [0.717, 1.165) is 22.2 Å². The zero-order valence-electron chi connectivity index (χ0n) is 10.7. The molecule has 1 atom stereocenters. The second-order valence-corrected chi connectivity index (χ2v) is 5.58. The smallest absolute Gasteiger partial charge is 0.0693 e. The molecule has 0 aliphatic heterocycles. The fourth-order valence-corrected chi connectivity index (χ4v) is 2.35. The first-order valence-corrected chi connectivity index (χ1v) is 7.33. The monoisotopic (exact) mass is 355 g/mol. The molecule has 0 radical (unpaired) electrons. The van der Waals surface area contributed by atoms with Gasteiger partial charge in [0, 0.05) is 12.2 Å². The molecule has 96 valence electrons. The molecular formula is C14H18IN3. The summed E-state index contributed by atoms with van der Waals surface area (Å²) in [7, 11) is 0. The molecule has 18 heavy (non-hydrogen) atoms. The Hall–Kier alpha value is -0.880. The van der Waals surface area contributed by atoms with Crippen molar-refractivity contribution in [3.05, 3.63) is 45.8 Å². The second kappa shape index (κ2) is 6.33. The van der Waals surface area contributed by atoms with Gasteiger partial charge in [-0.05, 0) is 54.1 Å². The van der Waals surface area contributed by atoms with E-state index in [1.807, 2.05) is 17.1 Å². The molecule has 0 aliphatic carbocycles. The average Bonchev–Trinajstić information content (AvgIpc) is 2.82. The van der Waals surface area contributed by atoms with Crippen LogP contribution in [-0.4, -0.2) is 16.3 Å². The van der Waals surface area contributed by atoms with E-state index >= 15 is 0 Å². The van der Waals surface area contributed by atoms with E-state index in [2.05, 4.69) is 71.1 Å². The lowest BCUT2D eigenvalue weighted by atomic mass is 10.1. The number of nitrogens with zero attached hydrogens (tertiary/aromatic N) is 2. The summed E-state index contributed by atoms with van der Waals surface area (Å²) in [6.07, 6.45) is 5.07. The molecule has 1 N–H and O–H groups in total. The zero-order chi connectivity index (χ0) is 13.0. The van der Waals surface area contributed by atoms with Gasteiger partial charge in [0.1, 0.15) is 0 Å². The summed E-state index contributed by atoms with van der Waals surface area (Å²) in [5.41, 5.74) is 2.43. The van der Waals surface area contributed by atoms with Gasteiger partial charge in [0.15, 0.2) is 0 Å². The Morgan fingerprint density at radius 3 is 2.83 bits per heavy atom. The van der Waals surface area contributed by atoms with Crippen LogP contribution in [0.3, 0.4) is 0 Å². The van der Waals surface area contributed by atoms with Crippen LogP contribution in [0.15, 0.2) is 36.7 Å². The molecular weight excluding hydrogens is 337 g/mol. The van der Waals surface area contributed by atoms with Gasteiger partial charge in [-0.1, -0.05) is 25.1 Å². The van der Waals surface area contributed by atoms with Crippen molar-refractivity contribution in [2.24, 2.45) is 0 Å². The van der Waals surface area contributed by atoms with Crippen molar-refractivity contribution in [3.8, 4) is 5.69 Å². The molecule has 0 amide bonds. The van der Waals surface area contributed by atoms with Gasteiger partial charge >= 0.3 is 0 Å². The van der Waals surface area contributed by atoms with Crippen LogP contribution in [0.2, 0.25) is 0 Å². The van der Waals surface area contributed by atoms with Gasteiger partial charge in [-0.25, -0.2) is 4.68 Å². The number of hydrogen-bond donors (Lipinski definition) is 1. The van der Waals surface area contributed by atoms with Crippen molar-refractivity contribution in [1.82, 2.24) is 15.1 Å². The Labute approximate surface area is 122 Å². The van der Waals surface area contributed by atoms with Gasteiger partial charge < -0.3 is 5.32 Å². The van der Waals surface area contributed by atoms with Crippen molar-refractivity contribution in [2.75, 3.05) is 6.54 Å². The van der Waals surface area contributed by atoms with Crippen LogP contribution in [-0.2, 0) is 0 Å². The Balaban J connectivity index is 2.30. The summed E-state index contributed by atoms with van der Waals surface area (Å²) in [6, 6.07) is 8.75. The van der Waals surface area contributed by atoms with Gasteiger partial charge in [-0.3, -0.25) is 0 Å². The molecule has 0 saturated carbocycles. The molecule has 0 bridgehead atoms. The highest BCUT2D eigenvalue weighted by Gasteiger charge is 2.11. The minimum Gasteiger partial charge on any atom is -0.310 e. The first-order chi connectivity index (χ1) is 8.72. The van der Waals surface area contributed by atoms with Gasteiger partial charge in [0.25, 0.3) is 0 Å². The van der Waals surface area contributed by atoms with Crippen molar-refractivity contribution in [1.29, 1.82) is 0 Å². The van der Waals surface area contributed by atoms with Crippen LogP contribution in [0.25, 0.3) is 5.69 Å². The number of benzene rings is 1. The molecule has 0 saturated heterocycles. The third-order valence-corrected chi connectivity index (χ3v) is 3.46. The predicted octanol–water partition coefficient (Wildman–Crippen LogP) is 3.54. The van der Waals surface area contributed by atoms with E-state index < -0.39 is 0 Å². The highest BCUT2D eigenvalue weighted by atomic mass is 127. The third kappa shape index (κ3) is 3.11. The molecule has 1 aromatic heterocycles. The molecule has 0 spiro atoms. The van der Waals surface area contributed by atoms with Crippen LogP contribution in [0.4, 0.5) is 0 Å². The van der Waals surface area contributed by atoms with E-state index in [4.69, 9.17) is 0 Å². The highest BCUT2D eigenvalue weighted by Crippen LogP contribution is 2.21. The molecule has 1 aromatic carbocycles. The first kappa shape index (κ1) is 13.5. The standard InChI is InChI=1S/C14H18IN3/c1-3-8-16-11(2)13-6-4-5-7-14(13)18-10-12(15)9-17-18/h4-7,9-11,16H,3,8H2,1-2H3. The maximum absolute atomic E-state index is 4.39. The minimum atomic E-state index is 0.336. The number of rotatable bonds is 5. The summed E-state index contributed by atoms with van der Waals surface area (Å²) >= 11 is 2.28. The fraction of sp³-hybridized carbons (Fsp3) is 0.357. The Kier molecular flexibility index (Phi) is 4.77. The normalized spacial score (nSPS) is 12.6. The van der Waals surface area contributed by atoms with Gasteiger partial charge in [0.2, 0.25) is 0 Å². The summed E-state index contributed by atoms with van der Waals surface area (Å²) in [5, 5.41) is 7.91. The number of para-hydroxylation sites is 1. The van der Waals surface area contributed by atoms with E-state index in [1.165, 1.54) is 5.56 Å². The van der Waals surface area contributed by atoms with Gasteiger partial charge in [-0.15, -0.1) is 0 Å². The number of halogens is 1. The average molecular weight is 355 g/mol. The third-order valence-electron chi connectivity index (χ3n) is 2.90. The Morgan fingerprint density at radius 1 is 1.39 bits per heavy atom. The highest BCUT2D eigenvalue weighted by molar-refractivity contribution is 14.1. The Morgan fingerprint density at radius 2 is 2.17 bits per heavy atom. The van der Waals surface area contributed by atoms with E-state index in [9.17, 15) is 0 Å². The van der Waals surface area contributed by atoms with Crippen LogP contribution >= 0.6 is 22.6 Å². The summed E-state index contributed by atoms with van der Waals surface area (Å²) in [5.74, 6) is 0. The SMILES string of the molecule is CCCNC(C)c1ccccc1-n1cc(I)cn1. The van der Waals surface area contributed by atoms with Crippen LogP contribution in [0, 0.1) is 3.57 Å². The molecule has 0 aliphatic rings. The summed E-state index contributed by atoms with van der Waals surface area (Å²) < 4.78 is 3.10. The molecule has 3 nitrogen and oxygen atoms in total. The van der Waals surface area contributed by atoms with Crippen molar-refractivity contribution in [3.63, 3.8) is 0 Å². The van der Waals surface area contributed by atoms with Crippen molar-refractivity contribution in [2.45, 2.75) is 26.3 Å². The number of hydrogen-bond acceptors (Lipinski definition) is 2. The van der Waals surface area contributed by atoms with Crippen molar-refractivity contribution < 1.29 is 0 Å². The van der Waals surface area contributed by atoms with E-state index in [1.54, 1.807) is 0 Å². The molecule has 2 aromatic rings. The molecule has 1 heterocycles. The lowest BCUT2D eigenvalue weighted by Gasteiger charge is -2.17.